The molecule has 1 rings (SSSR count). The number of carbonyl (C=O) groups is 1. The average molecular weight is 888 g/mol. The summed E-state index contributed by atoms with van der Waals surface area (Å²) in [6, 6.07) is -0.752. The van der Waals surface area contributed by atoms with Crippen molar-refractivity contribution in [3.63, 3.8) is 0 Å². The second-order valence-electron chi connectivity index (χ2n) is 17.9. The number of unbranched alkanes of at least 4 members (excludes halogenated alkanes) is 23. The molecule has 0 aromatic carbocycles. The molecule has 9 nitrogen and oxygen atoms in total. The Bertz CT molecular complexity index is 1170. The van der Waals surface area contributed by atoms with Crippen molar-refractivity contribution in [3.8, 4) is 0 Å². The van der Waals surface area contributed by atoms with Crippen LogP contribution in [0.4, 0.5) is 0 Å². The van der Waals surface area contributed by atoms with Crippen LogP contribution in [0.1, 0.15) is 219 Å². The molecule has 0 aliphatic carbocycles. The van der Waals surface area contributed by atoms with Gasteiger partial charge in [-0.2, -0.15) is 0 Å². The summed E-state index contributed by atoms with van der Waals surface area (Å²) in [4.78, 5) is 13.0. The highest BCUT2D eigenvalue weighted by Crippen LogP contribution is 2.23. The molecule has 1 aliphatic rings. The first-order chi connectivity index (χ1) is 30.8. The van der Waals surface area contributed by atoms with Crippen LogP contribution in [0.2, 0.25) is 0 Å². The lowest BCUT2D eigenvalue weighted by atomic mass is 9.99. The van der Waals surface area contributed by atoms with E-state index in [-0.39, 0.29) is 18.9 Å². The SMILES string of the molecule is CC/C=C\C/C=C\C/C=C\C/C=C\C/C=C\CCCC(=O)NC(COC1OC(CO)C(O)C(O)C1O)C(O)CCCCCCCCCCCCCCCCCCCCCCCCC. The Balaban J connectivity index is 2.29. The number of aliphatic hydroxyl groups is 5. The van der Waals surface area contributed by atoms with Crippen LogP contribution < -0.4 is 5.32 Å². The van der Waals surface area contributed by atoms with Crippen LogP contribution in [0, 0.1) is 0 Å². The number of hydrogen-bond acceptors (Lipinski definition) is 8. The third kappa shape index (κ3) is 33.9. The van der Waals surface area contributed by atoms with E-state index in [0.29, 0.717) is 12.8 Å². The van der Waals surface area contributed by atoms with Gasteiger partial charge < -0.3 is 40.3 Å². The van der Waals surface area contributed by atoms with Crippen molar-refractivity contribution in [2.75, 3.05) is 13.2 Å². The van der Waals surface area contributed by atoms with Crippen molar-refractivity contribution in [3.05, 3.63) is 60.8 Å². The van der Waals surface area contributed by atoms with Gasteiger partial charge in [0.05, 0.1) is 25.4 Å². The summed E-state index contributed by atoms with van der Waals surface area (Å²) in [5, 5.41) is 54.5. The van der Waals surface area contributed by atoms with Gasteiger partial charge in [0.2, 0.25) is 5.91 Å². The molecule has 1 aliphatic heterocycles. The quantitative estimate of drug-likeness (QED) is 0.0262. The summed E-state index contributed by atoms with van der Waals surface area (Å²) in [5.74, 6) is -0.201. The number of carbonyl (C=O) groups excluding carboxylic acids is 1. The maximum atomic E-state index is 13.0. The number of rotatable bonds is 43. The van der Waals surface area contributed by atoms with E-state index in [1.54, 1.807) is 0 Å². The van der Waals surface area contributed by atoms with Crippen molar-refractivity contribution in [1.82, 2.24) is 5.32 Å². The molecule has 0 bridgehead atoms. The molecule has 0 aromatic heterocycles. The number of ether oxygens (including phenoxy) is 2. The average Bonchev–Trinajstić information content (AvgIpc) is 3.28. The Hall–Kier alpha value is -2.11. The molecule has 1 amide bonds. The van der Waals surface area contributed by atoms with E-state index >= 15 is 0 Å². The van der Waals surface area contributed by atoms with Gasteiger partial charge in [-0.3, -0.25) is 4.79 Å². The summed E-state index contributed by atoms with van der Waals surface area (Å²) in [5.41, 5.74) is 0. The molecule has 0 radical (unpaired) electrons. The lowest BCUT2D eigenvalue weighted by Crippen LogP contribution is -2.60. The Morgan fingerprint density at radius 1 is 0.556 bits per heavy atom. The fraction of sp³-hybridized carbons (Fsp3) is 0.796. The molecule has 0 saturated carbocycles. The van der Waals surface area contributed by atoms with Gasteiger partial charge in [0.25, 0.3) is 0 Å². The highest BCUT2D eigenvalue weighted by atomic mass is 16.7. The van der Waals surface area contributed by atoms with E-state index in [1.165, 1.54) is 128 Å². The summed E-state index contributed by atoms with van der Waals surface area (Å²) in [7, 11) is 0. The number of amides is 1. The van der Waals surface area contributed by atoms with Crippen LogP contribution >= 0.6 is 0 Å². The van der Waals surface area contributed by atoms with Crippen LogP contribution in [-0.2, 0) is 14.3 Å². The standard InChI is InChI=1S/C54H97NO8/c1-3-5-7-9-11-13-15-17-19-21-22-23-24-25-26-28-29-31-33-35-37-39-41-43-48(57)47(46-62-54-53(61)52(60)51(59)49(45-56)63-54)55-50(58)44-42-40-38-36-34-32-30-27-20-18-16-14-12-10-8-6-4-2/h6,8,12,14,18,20,30,32,36,38,47-49,51-54,56-57,59-61H,3-5,7,9-11,13,15-17,19,21-29,31,33-35,37,39-46H2,1-2H3,(H,55,58)/b8-6-,14-12-,20-18-,32-30-,38-36-. The van der Waals surface area contributed by atoms with Crippen LogP contribution in [0.25, 0.3) is 0 Å². The Kier molecular flexibility index (Phi) is 40.9. The largest absolute Gasteiger partial charge is 0.394 e. The minimum Gasteiger partial charge on any atom is -0.394 e. The summed E-state index contributed by atoms with van der Waals surface area (Å²) >= 11 is 0. The molecule has 7 unspecified atom stereocenters. The molecule has 0 aromatic rings. The van der Waals surface area contributed by atoms with Gasteiger partial charge in [-0.1, -0.05) is 222 Å². The van der Waals surface area contributed by atoms with Gasteiger partial charge in [0.15, 0.2) is 6.29 Å². The molecular weight excluding hydrogens is 791 g/mol. The maximum Gasteiger partial charge on any atom is 0.220 e. The third-order valence-corrected chi connectivity index (χ3v) is 12.1. The monoisotopic (exact) mass is 888 g/mol. The first-order valence-electron chi connectivity index (χ1n) is 26.0. The van der Waals surface area contributed by atoms with Crippen LogP contribution in [0.3, 0.4) is 0 Å². The predicted molar refractivity (Wildman–Crippen MR) is 262 cm³/mol. The predicted octanol–water partition coefficient (Wildman–Crippen LogP) is 12.0. The van der Waals surface area contributed by atoms with Crippen molar-refractivity contribution in [1.29, 1.82) is 0 Å². The van der Waals surface area contributed by atoms with E-state index in [1.807, 2.05) is 0 Å². The molecular formula is C54H97NO8. The zero-order valence-electron chi connectivity index (χ0n) is 40.3. The molecule has 6 N–H and O–H groups in total. The third-order valence-electron chi connectivity index (χ3n) is 12.1. The van der Waals surface area contributed by atoms with Crippen molar-refractivity contribution < 1.29 is 39.8 Å². The number of allylic oxidation sites excluding steroid dienone is 10. The van der Waals surface area contributed by atoms with Crippen LogP contribution in [-0.4, -0.2) is 87.5 Å². The van der Waals surface area contributed by atoms with Gasteiger partial charge in [0, 0.05) is 6.42 Å². The Morgan fingerprint density at radius 3 is 1.40 bits per heavy atom. The molecule has 0 spiro atoms. The number of hydrogen-bond donors (Lipinski definition) is 6. The van der Waals surface area contributed by atoms with E-state index < -0.39 is 49.5 Å². The fourth-order valence-corrected chi connectivity index (χ4v) is 8.02. The normalized spacial score (nSPS) is 20.7. The van der Waals surface area contributed by atoms with Gasteiger partial charge in [-0.25, -0.2) is 0 Å². The second kappa shape index (κ2) is 43.8. The summed E-state index contributed by atoms with van der Waals surface area (Å²) in [6.07, 6.45) is 51.0. The molecule has 7 atom stereocenters. The smallest absolute Gasteiger partial charge is 0.220 e. The Labute approximate surface area is 386 Å². The highest BCUT2D eigenvalue weighted by Gasteiger charge is 2.44. The van der Waals surface area contributed by atoms with E-state index in [4.69, 9.17) is 9.47 Å². The minimum atomic E-state index is -1.57. The first kappa shape index (κ1) is 58.9. The Morgan fingerprint density at radius 2 is 0.968 bits per heavy atom. The highest BCUT2D eigenvalue weighted by molar-refractivity contribution is 5.76. The van der Waals surface area contributed by atoms with Gasteiger partial charge in [-0.05, 0) is 51.4 Å². The van der Waals surface area contributed by atoms with Crippen molar-refractivity contribution >= 4 is 5.91 Å². The van der Waals surface area contributed by atoms with Gasteiger partial charge >= 0.3 is 0 Å². The minimum absolute atomic E-state index is 0.163. The van der Waals surface area contributed by atoms with Gasteiger partial charge in [0.1, 0.15) is 24.4 Å². The topological polar surface area (TPSA) is 149 Å². The lowest BCUT2D eigenvalue weighted by molar-refractivity contribution is -0.302. The lowest BCUT2D eigenvalue weighted by Gasteiger charge is -2.40. The van der Waals surface area contributed by atoms with Crippen LogP contribution in [0.5, 0.6) is 0 Å². The molecule has 366 valence electrons. The molecule has 9 heteroatoms. The van der Waals surface area contributed by atoms with E-state index in [9.17, 15) is 30.3 Å². The molecule has 63 heavy (non-hydrogen) atoms. The first-order valence-corrected chi connectivity index (χ1v) is 26.0. The molecule has 1 fully saturated rings. The molecule has 1 heterocycles. The van der Waals surface area contributed by atoms with Crippen molar-refractivity contribution in [2.45, 2.75) is 262 Å². The maximum absolute atomic E-state index is 13.0. The fourth-order valence-electron chi connectivity index (χ4n) is 8.02. The second-order valence-corrected chi connectivity index (χ2v) is 17.9. The molecule has 1 saturated heterocycles. The summed E-state index contributed by atoms with van der Waals surface area (Å²) < 4.78 is 11.3. The van der Waals surface area contributed by atoms with Crippen molar-refractivity contribution in [2.24, 2.45) is 0 Å². The van der Waals surface area contributed by atoms with E-state index in [2.05, 4.69) is 79.9 Å². The summed E-state index contributed by atoms with van der Waals surface area (Å²) in [6.45, 7) is 3.70. The van der Waals surface area contributed by atoms with Gasteiger partial charge in [-0.15, -0.1) is 0 Å². The van der Waals surface area contributed by atoms with Crippen LogP contribution in [0.15, 0.2) is 60.8 Å². The number of nitrogens with one attached hydrogen (secondary N) is 1. The van der Waals surface area contributed by atoms with E-state index in [0.717, 1.165) is 57.8 Å². The number of aliphatic hydroxyl groups excluding tert-OH is 5. The zero-order chi connectivity index (χ0) is 45.9. The zero-order valence-corrected chi connectivity index (χ0v) is 40.3.